The van der Waals surface area contributed by atoms with Gasteiger partial charge >= 0.3 is 0 Å². The molecular formula is C12H21N3O3. The van der Waals surface area contributed by atoms with Crippen molar-refractivity contribution in [3.05, 3.63) is 17.5 Å². The molecular weight excluding hydrogens is 234 g/mol. The van der Waals surface area contributed by atoms with Crippen LogP contribution in [0.5, 0.6) is 0 Å². The van der Waals surface area contributed by atoms with Gasteiger partial charge in [-0.3, -0.25) is 4.79 Å². The number of likely N-dealkylation sites (N-methyl/N-ethyl adjacent to an activating group) is 1. The summed E-state index contributed by atoms with van der Waals surface area (Å²) < 4.78 is 4.74. The van der Waals surface area contributed by atoms with Gasteiger partial charge in [-0.1, -0.05) is 18.5 Å². The molecule has 0 aliphatic rings. The highest BCUT2D eigenvalue weighted by Gasteiger charge is 2.11. The van der Waals surface area contributed by atoms with Gasteiger partial charge in [-0.15, -0.1) is 0 Å². The zero-order valence-corrected chi connectivity index (χ0v) is 11.0. The lowest BCUT2D eigenvalue weighted by molar-refractivity contribution is 0.0940. The first-order valence-corrected chi connectivity index (χ1v) is 6.20. The van der Waals surface area contributed by atoms with Gasteiger partial charge < -0.3 is 19.8 Å². The molecule has 1 heterocycles. The molecule has 18 heavy (non-hydrogen) atoms. The first-order chi connectivity index (χ1) is 8.67. The lowest BCUT2D eigenvalue weighted by Crippen LogP contribution is -2.33. The minimum absolute atomic E-state index is 0.204. The zero-order valence-electron chi connectivity index (χ0n) is 11.0. The molecule has 0 aliphatic heterocycles. The molecule has 0 aromatic carbocycles. The maximum absolute atomic E-state index is 11.6. The fourth-order valence-corrected chi connectivity index (χ4v) is 1.49. The zero-order chi connectivity index (χ0) is 13.4. The van der Waals surface area contributed by atoms with Crippen LogP contribution in [0.4, 0.5) is 0 Å². The van der Waals surface area contributed by atoms with Crippen LogP contribution in [0.25, 0.3) is 0 Å². The van der Waals surface area contributed by atoms with Crippen LogP contribution >= 0.6 is 0 Å². The molecule has 6 nitrogen and oxygen atoms in total. The Morgan fingerprint density at radius 3 is 2.94 bits per heavy atom. The fourth-order valence-electron chi connectivity index (χ4n) is 1.49. The summed E-state index contributed by atoms with van der Waals surface area (Å²) in [6.45, 7) is 4.31. The number of aliphatic hydroxyl groups excluding tert-OH is 1. The third kappa shape index (κ3) is 4.85. The van der Waals surface area contributed by atoms with Crippen molar-refractivity contribution in [3.63, 3.8) is 0 Å². The van der Waals surface area contributed by atoms with E-state index in [9.17, 15) is 4.79 Å². The van der Waals surface area contributed by atoms with Crippen LogP contribution in [0.2, 0.25) is 0 Å². The van der Waals surface area contributed by atoms with Gasteiger partial charge in [0.2, 0.25) is 0 Å². The van der Waals surface area contributed by atoms with E-state index in [0.717, 1.165) is 19.5 Å². The van der Waals surface area contributed by atoms with Crippen molar-refractivity contribution in [3.8, 4) is 0 Å². The predicted molar refractivity (Wildman–Crippen MR) is 67.2 cm³/mol. The number of aromatic nitrogens is 1. The number of amides is 1. The van der Waals surface area contributed by atoms with Gasteiger partial charge in [0.05, 0.1) is 0 Å². The van der Waals surface area contributed by atoms with Gasteiger partial charge in [-0.25, -0.2) is 0 Å². The normalized spacial score (nSPS) is 10.9. The van der Waals surface area contributed by atoms with E-state index < -0.39 is 0 Å². The van der Waals surface area contributed by atoms with Crippen LogP contribution in [-0.4, -0.2) is 47.8 Å². The smallest absolute Gasteiger partial charge is 0.273 e. The fraction of sp³-hybridized carbons (Fsp3) is 0.667. The summed E-state index contributed by atoms with van der Waals surface area (Å²) in [6, 6.07) is 1.44. The third-order valence-electron chi connectivity index (χ3n) is 2.62. The van der Waals surface area contributed by atoms with Gasteiger partial charge in [-0.2, -0.15) is 0 Å². The van der Waals surface area contributed by atoms with E-state index in [0.29, 0.717) is 12.3 Å². The summed E-state index contributed by atoms with van der Waals surface area (Å²) in [6.07, 6.45) is 2.33. The molecule has 0 bridgehead atoms. The number of carbonyl (C=O) groups excluding carboxylic acids is 1. The number of nitrogens with one attached hydrogen (secondary N) is 1. The van der Waals surface area contributed by atoms with E-state index in [2.05, 4.69) is 22.3 Å². The van der Waals surface area contributed by atoms with Gasteiger partial charge in [0, 0.05) is 19.2 Å². The topological polar surface area (TPSA) is 78.6 Å². The van der Waals surface area contributed by atoms with Crippen molar-refractivity contribution < 1.29 is 14.4 Å². The third-order valence-corrected chi connectivity index (χ3v) is 2.62. The van der Waals surface area contributed by atoms with Crippen molar-refractivity contribution in [1.29, 1.82) is 0 Å². The number of aliphatic hydroxyl groups is 1. The molecule has 0 atom stereocenters. The summed E-state index contributed by atoms with van der Waals surface area (Å²) >= 11 is 0. The van der Waals surface area contributed by atoms with Gasteiger partial charge in [0.25, 0.3) is 5.91 Å². The van der Waals surface area contributed by atoms with E-state index >= 15 is 0 Å². The van der Waals surface area contributed by atoms with E-state index in [1.54, 1.807) is 0 Å². The molecule has 0 unspecified atom stereocenters. The molecule has 2 N–H and O–H groups in total. The minimum Gasteiger partial charge on any atom is -0.388 e. The summed E-state index contributed by atoms with van der Waals surface area (Å²) in [7, 11) is 2.03. The molecule has 1 amide bonds. The molecule has 6 heteroatoms. The number of nitrogens with zero attached hydrogens (tertiary/aromatic N) is 2. The lowest BCUT2D eigenvalue weighted by Gasteiger charge is -2.15. The Morgan fingerprint density at radius 1 is 1.56 bits per heavy atom. The average Bonchev–Trinajstić information content (AvgIpc) is 2.85. The molecule has 0 aliphatic carbocycles. The Labute approximate surface area is 107 Å². The first-order valence-electron chi connectivity index (χ1n) is 6.20. The number of hydrogen-bond acceptors (Lipinski definition) is 5. The van der Waals surface area contributed by atoms with Crippen LogP contribution in [0, 0.1) is 0 Å². The Bertz CT molecular complexity index is 365. The second kappa shape index (κ2) is 7.84. The number of carbonyl (C=O) groups is 1. The number of unbranched alkanes of at least 4 members (excludes halogenated alkanes) is 1. The second-order valence-electron chi connectivity index (χ2n) is 4.25. The SMILES string of the molecule is CCCCN(C)CCNC(=O)c1cc(CO)on1. The Morgan fingerprint density at radius 2 is 2.33 bits per heavy atom. The van der Waals surface area contributed by atoms with Gasteiger partial charge in [-0.05, 0) is 20.0 Å². The van der Waals surface area contributed by atoms with Crippen LogP contribution in [0.3, 0.4) is 0 Å². The van der Waals surface area contributed by atoms with E-state index in [1.807, 2.05) is 7.05 Å². The van der Waals surface area contributed by atoms with Crippen LogP contribution < -0.4 is 5.32 Å². The molecule has 0 saturated carbocycles. The maximum Gasteiger partial charge on any atom is 0.273 e. The minimum atomic E-state index is -0.276. The van der Waals surface area contributed by atoms with Crippen molar-refractivity contribution in [1.82, 2.24) is 15.4 Å². The largest absolute Gasteiger partial charge is 0.388 e. The van der Waals surface area contributed by atoms with Gasteiger partial charge in [0.1, 0.15) is 6.61 Å². The van der Waals surface area contributed by atoms with Crippen molar-refractivity contribution in [2.24, 2.45) is 0 Å². The first kappa shape index (κ1) is 14.7. The Balaban J connectivity index is 2.24. The highest BCUT2D eigenvalue weighted by Crippen LogP contribution is 2.02. The summed E-state index contributed by atoms with van der Waals surface area (Å²) in [5.74, 6) is 0.0163. The molecule has 1 aromatic rings. The van der Waals surface area contributed by atoms with Gasteiger partial charge in [0.15, 0.2) is 11.5 Å². The van der Waals surface area contributed by atoms with Crippen LogP contribution in [-0.2, 0) is 6.61 Å². The Hall–Kier alpha value is -1.40. The molecule has 1 rings (SSSR count). The molecule has 0 saturated heterocycles. The van der Waals surface area contributed by atoms with Crippen LogP contribution in [0.15, 0.2) is 10.6 Å². The molecule has 0 spiro atoms. The van der Waals surface area contributed by atoms with E-state index in [1.165, 1.54) is 12.5 Å². The van der Waals surface area contributed by atoms with Crippen molar-refractivity contribution >= 4 is 5.91 Å². The monoisotopic (exact) mass is 255 g/mol. The Kier molecular flexibility index (Phi) is 6.38. The van der Waals surface area contributed by atoms with Crippen LogP contribution in [0.1, 0.15) is 36.0 Å². The average molecular weight is 255 g/mol. The second-order valence-corrected chi connectivity index (χ2v) is 4.25. The summed E-state index contributed by atoms with van der Waals surface area (Å²) in [4.78, 5) is 13.8. The van der Waals surface area contributed by atoms with Crippen molar-refractivity contribution in [2.75, 3.05) is 26.7 Å². The highest BCUT2D eigenvalue weighted by molar-refractivity contribution is 5.92. The molecule has 1 aromatic heterocycles. The number of hydrogen-bond donors (Lipinski definition) is 2. The standard InChI is InChI=1S/C12H21N3O3/c1-3-4-6-15(2)7-5-13-12(17)11-8-10(9-16)18-14-11/h8,16H,3-7,9H2,1-2H3,(H,13,17). The van der Waals surface area contributed by atoms with E-state index in [-0.39, 0.29) is 18.2 Å². The molecule has 0 fully saturated rings. The highest BCUT2D eigenvalue weighted by atomic mass is 16.5. The van der Waals surface area contributed by atoms with E-state index in [4.69, 9.17) is 9.63 Å². The summed E-state index contributed by atoms with van der Waals surface area (Å²) in [5.41, 5.74) is 0.204. The number of rotatable bonds is 8. The molecule has 0 radical (unpaired) electrons. The maximum atomic E-state index is 11.6. The lowest BCUT2D eigenvalue weighted by atomic mass is 10.3. The quantitative estimate of drug-likeness (QED) is 0.712. The molecule has 102 valence electrons. The summed E-state index contributed by atoms with van der Waals surface area (Å²) in [5, 5.41) is 15.1. The van der Waals surface area contributed by atoms with Crippen molar-refractivity contribution in [2.45, 2.75) is 26.4 Å². The predicted octanol–water partition coefficient (Wildman–Crippen LogP) is 0.629.